The minimum absolute atomic E-state index is 0.300. The third kappa shape index (κ3) is 6.23. The van der Waals surface area contributed by atoms with Gasteiger partial charge in [-0.2, -0.15) is 13.2 Å². The topological polar surface area (TPSA) is 52.6 Å². The first kappa shape index (κ1) is 25.0. The van der Waals surface area contributed by atoms with Gasteiger partial charge in [-0.1, -0.05) is 41.9 Å². The Bertz CT molecular complexity index is 1010. The maximum Gasteiger partial charge on any atom is 0.417 e. The maximum atomic E-state index is 13.2. The van der Waals surface area contributed by atoms with E-state index in [1.54, 1.807) is 24.3 Å². The van der Waals surface area contributed by atoms with Gasteiger partial charge in [0.2, 0.25) is 10.0 Å². The van der Waals surface area contributed by atoms with Gasteiger partial charge in [0.1, 0.15) is 0 Å². The van der Waals surface area contributed by atoms with E-state index < -0.39 is 37.7 Å². The van der Waals surface area contributed by atoms with Gasteiger partial charge in [-0.25, -0.2) is 13.1 Å². The molecule has 1 atom stereocenters. The SMILES string of the molecule is CN1CCC(N(C)CC(NS(=O)(=O)c2ccc(Cl)c(C(F)(F)F)c2)c2ccccc2)CC1. The van der Waals surface area contributed by atoms with Gasteiger partial charge in [-0.05, 0) is 63.8 Å². The summed E-state index contributed by atoms with van der Waals surface area (Å²) in [4.78, 5) is 3.90. The van der Waals surface area contributed by atoms with Crippen molar-refractivity contribution in [3.63, 3.8) is 0 Å². The molecule has 3 rings (SSSR count). The number of rotatable bonds is 7. The molecule has 10 heteroatoms. The Labute approximate surface area is 192 Å². The summed E-state index contributed by atoms with van der Waals surface area (Å²) in [6.07, 6.45) is -2.82. The smallest absolute Gasteiger partial charge is 0.306 e. The molecular formula is C22H27ClF3N3O2S. The van der Waals surface area contributed by atoms with E-state index in [0.29, 0.717) is 18.7 Å². The predicted molar refractivity (Wildman–Crippen MR) is 119 cm³/mol. The molecule has 0 aliphatic carbocycles. The van der Waals surface area contributed by atoms with E-state index in [2.05, 4.69) is 21.6 Å². The molecule has 0 amide bonds. The van der Waals surface area contributed by atoms with Crippen molar-refractivity contribution in [2.24, 2.45) is 0 Å². The van der Waals surface area contributed by atoms with Crippen molar-refractivity contribution in [1.82, 2.24) is 14.5 Å². The molecule has 0 saturated carbocycles. The third-order valence-electron chi connectivity index (χ3n) is 5.83. The second-order valence-electron chi connectivity index (χ2n) is 8.20. The fourth-order valence-electron chi connectivity index (χ4n) is 3.91. The number of nitrogens with zero attached hydrogens (tertiary/aromatic N) is 2. The average Bonchev–Trinajstić information content (AvgIpc) is 2.73. The molecule has 2 aromatic carbocycles. The summed E-state index contributed by atoms with van der Waals surface area (Å²) in [6.45, 7) is 2.31. The largest absolute Gasteiger partial charge is 0.417 e. The number of hydrogen-bond acceptors (Lipinski definition) is 4. The molecule has 1 saturated heterocycles. The Morgan fingerprint density at radius 3 is 2.38 bits per heavy atom. The van der Waals surface area contributed by atoms with Gasteiger partial charge >= 0.3 is 6.18 Å². The first-order chi connectivity index (χ1) is 15.0. The number of hydrogen-bond donors (Lipinski definition) is 1. The molecule has 1 aliphatic heterocycles. The van der Waals surface area contributed by atoms with Crippen molar-refractivity contribution in [1.29, 1.82) is 0 Å². The minimum atomic E-state index is -4.75. The van der Waals surface area contributed by atoms with E-state index in [1.165, 1.54) is 0 Å². The molecule has 32 heavy (non-hydrogen) atoms. The zero-order chi connectivity index (χ0) is 23.5. The van der Waals surface area contributed by atoms with Crippen LogP contribution in [0.1, 0.15) is 30.0 Å². The molecule has 5 nitrogen and oxygen atoms in total. The van der Waals surface area contributed by atoms with E-state index in [9.17, 15) is 21.6 Å². The van der Waals surface area contributed by atoms with Crippen LogP contribution in [-0.4, -0.2) is 58.0 Å². The number of halogens is 4. The van der Waals surface area contributed by atoms with Crippen molar-refractivity contribution in [3.05, 3.63) is 64.7 Å². The fraction of sp³-hybridized carbons (Fsp3) is 0.455. The van der Waals surface area contributed by atoms with Crippen molar-refractivity contribution in [2.75, 3.05) is 33.7 Å². The minimum Gasteiger partial charge on any atom is -0.306 e. The van der Waals surface area contributed by atoms with Gasteiger partial charge < -0.3 is 9.80 Å². The highest BCUT2D eigenvalue weighted by Crippen LogP contribution is 2.36. The molecular weight excluding hydrogens is 463 g/mol. The zero-order valence-corrected chi connectivity index (χ0v) is 19.5. The van der Waals surface area contributed by atoms with Crippen LogP contribution < -0.4 is 4.72 Å². The van der Waals surface area contributed by atoms with E-state index in [4.69, 9.17) is 11.6 Å². The lowest BCUT2D eigenvalue weighted by molar-refractivity contribution is -0.137. The standard InChI is InChI=1S/C22H27ClF3N3O2S/c1-28-12-10-17(11-13-28)29(2)15-21(16-6-4-3-5-7-16)27-32(30,31)18-8-9-20(23)19(14-18)22(24,25)26/h3-9,14,17,21,27H,10-13,15H2,1-2H3. The summed E-state index contributed by atoms with van der Waals surface area (Å²) in [5.74, 6) is 0. The predicted octanol–water partition coefficient (Wildman–Crippen LogP) is 4.40. The zero-order valence-electron chi connectivity index (χ0n) is 17.9. The quantitative estimate of drug-likeness (QED) is 0.626. The van der Waals surface area contributed by atoms with Crippen LogP contribution in [0.5, 0.6) is 0 Å². The van der Waals surface area contributed by atoms with Crippen LogP contribution in [0, 0.1) is 0 Å². The highest BCUT2D eigenvalue weighted by Gasteiger charge is 2.35. The lowest BCUT2D eigenvalue weighted by atomic mass is 10.0. The first-order valence-electron chi connectivity index (χ1n) is 10.3. The van der Waals surface area contributed by atoms with Crippen LogP contribution in [-0.2, 0) is 16.2 Å². The molecule has 0 bridgehead atoms. The molecule has 1 aliphatic rings. The summed E-state index contributed by atoms with van der Waals surface area (Å²) < 4.78 is 68.5. The Balaban J connectivity index is 1.86. The van der Waals surface area contributed by atoms with Gasteiger partial charge in [0.25, 0.3) is 0 Å². The van der Waals surface area contributed by atoms with Crippen molar-refractivity contribution in [2.45, 2.75) is 36.0 Å². The number of likely N-dealkylation sites (N-methyl/N-ethyl adjacent to an activating group) is 1. The van der Waals surface area contributed by atoms with E-state index in [0.717, 1.165) is 43.6 Å². The van der Waals surface area contributed by atoms with Crippen LogP contribution in [0.15, 0.2) is 53.4 Å². The lowest BCUT2D eigenvalue weighted by Gasteiger charge is -2.37. The summed E-state index contributed by atoms with van der Waals surface area (Å²) in [5.41, 5.74) is -0.442. The van der Waals surface area contributed by atoms with E-state index in [-0.39, 0.29) is 0 Å². The van der Waals surface area contributed by atoms with Crippen molar-refractivity contribution < 1.29 is 21.6 Å². The van der Waals surface area contributed by atoms with Gasteiger partial charge in [0.05, 0.1) is 21.5 Å². The summed E-state index contributed by atoms with van der Waals surface area (Å²) in [7, 11) is -0.219. The number of alkyl halides is 3. The average molecular weight is 490 g/mol. The summed E-state index contributed by atoms with van der Waals surface area (Å²) >= 11 is 5.65. The Kier molecular flexibility index (Phi) is 7.88. The molecule has 1 N–H and O–H groups in total. The second kappa shape index (κ2) is 10.1. The van der Waals surface area contributed by atoms with Gasteiger partial charge in [0.15, 0.2) is 0 Å². The molecule has 2 aromatic rings. The molecule has 176 valence electrons. The molecule has 1 unspecified atom stereocenters. The van der Waals surface area contributed by atoms with Crippen LogP contribution >= 0.6 is 11.6 Å². The number of likely N-dealkylation sites (tertiary alicyclic amines) is 1. The summed E-state index contributed by atoms with van der Waals surface area (Å²) in [6, 6.07) is 11.3. The number of piperidine rings is 1. The highest BCUT2D eigenvalue weighted by molar-refractivity contribution is 7.89. The van der Waals surface area contributed by atoms with Crippen LogP contribution in [0.4, 0.5) is 13.2 Å². The number of benzene rings is 2. The first-order valence-corrected chi connectivity index (χ1v) is 12.2. The third-order valence-corrected chi connectivity index (χ3v) is 7.63. The second-order valence-corrected chi connectivity index (χ2v) is 10.3. The van der Waals surface area contributed by atoms with E-state index >= 15 is 0 Å². The van der Waals surface area contributed by atoms with Crippen molar-refractivity contribution >= 4 is 21.6 Å². The monoisotopic (exact) mass is 489 g/mol. The summed E-state index contributed by atoms with van der Waals surface area (Å²) in [5, 5.41) is -0.543. The van der Waals surface area contributed by atoms with Crippen molar-refractivity contribution in [3.8, 4) is 0 Å². The van der Waals surface area contributed by atoms with E-state index in [1.807, 2.05) is 13.1 Å². The Morgan fingerprint density at radius 2 is 1.78 bits per heavy atom. The molecule has 1 heterocycles. The molecule has 0 aromatic heterocycles. The lowest BCUT2D eigenvalue weighted by Crippen LogP contribution is -2.45. The van der Waals surface area contributed by atoms with Crippen LogP contribution in [0.3, 0.4) is 0 Å². The Hall–Kier alpha value is -1.65. The molecule has 1 fully saturated rings. The van der Waals surface area contributed by atoms with Gasteiger partial charge in [0, 0.05) is 12.6 Å². The maximum absolute atomic E-state index is 13.2. The molecule has 0 spiro atoms. The number of sulfonamides is 1. The van der Waals surface area contributed by atoms with Gasteiger partial charge in [-0.3, -0.25) is 0 Å². The Morgan fingerprint density at radius 1 is 1.16 bits per heavy atom. The number of nitrogens with one attached hydrogen (secondary N) is 1. The fourth-order valence-corrected chi connectivity index (χ4v) is 5.38. The van der Waals surface area contributed by atoms with Gasteiger partial charge in [-0.15, -0.1) is 0 Å². The highest BCUT2D eigenvalue weighted by atomic mass is 35.5. The molecule has 0 radical (unpaired) electrons. The normalized spacial score (nSPS) is 17.6. The van der Waals surface area contributed by atoms with Crippen LogP contribution in [0.2, 0.25) is 5.02 Å². The van der Waals surface area contributed by atoms with Crippen LogP contribution in [0.25, 0.3) is 0 Å².